The van der Waals surface area contributed by atoms with Gasteiger partial charge in [-0.05, 0) is 17.3 Å². The van der Waals surface area contributed by atoms with Crippen LogP contribution in [0.25, 0.3) is 0 Å². The second kappa shape index (κ2) is 3.66. The Balaban J connectivity index is 3.30. The molecule has 0 aromatic rings. The van der Waals surface area contributed by atoms with Gasteiger partial charge in [0.2, 0.25) is 5.91 Å². The largest absolute Gasteiger partial charge is 0.352 e. The second-order valence-corrected chi connectivity index (χ2v) is 6.36. The Bertz CT molecular complexity index is 299. The lowest BCUT2D eigenvalue weighted by Gasteiger charge is -2.35. The molecule has 1 aliphatic rings. The first kappa shape index (κ1) is 12.3. The smallest absolute Gasteiger partial charge is 0.247 e. The van der Waals surface area contributed by atoms with Crippen LogP contribution in [0.15, 0.2) is 11.1 Å². The van der Waals surface area contributed by atoms with Gasteiger partial charge in [-0.15, -0.1) is 0 Å². The van der Waals surface area contributed by atoms with Crippen LogP contribution in [0, 0.1) is 10.8 Å². The van der Waals surface area contributed by atoms with Gasteiger partial charge in [0.05, 0.1) is 0 Å². The molecule has 1 aliphatic heterocycles. The molecule has 0 aliphatic carbocycles. The van der Waals surface area contributed by atoms with Crippen LogP contribution in [0.3, 0.4) is 0 Å². The molecule has 15 heavy (non-hydrogen) atoms. The fourth-order valence-corrected chi connectivity index (χ4v) is 2.19. The Morgan fingerprint density at radius 1 is 1.00 bits per heavy atom. The van der Waals surface area contributed by atoms with Gasteiger partial charge in [-0.3, -0.25) is 4.79 Å². The average molecular weight is 209 g/mol. The van der Waals surface area contributed by atoms with Crippen LogP contribution in [0.2, 0.25) is 0 Å². The molecule has 2 heteroatoms. The maximum Gasteiger partial charge on any atom is 0.247 e. The highest BCUT2D eigenvalue weighted by atomic mass is 16.1. The molecule has 1 N–H and O–H groups in total. The van der Waals surface area contributed by atoms with E-state index >= 15 is 0 Å². The maximum atomic E-state index is 11.9. The minimum absolute atomic E-state index is 0.0624. The molecular weight excluding hydrogens is 186 g/mol. The van der Waals surface area contributed by atoms with E-state index in [1.807, 2.05) is 0 Å². The van der Waals surface area contributed by atoms with Gasteiger partial charge in [-0.2, -0.15) is 0 Å². The van der Waals surface area contributed by atoms with Crippen LogP contribution < -0.4 is 5.32 Å². The highest BCUT2D eigenvalue weighted by molar-refractivity contribution is 5.96. The molecule has 0 saturated heterocycles. The summed E-state index contributed by atoms with van der Waals surface area (Å²) in [7, 11) is 0. The lowest BCUT2D eigenvalue weighted by atomic mass is 9.72. The summed E-state index contributed by atoms with van der Waals surface area (Å²) in [5.74, 6) is 0.124. The highest BCUT2D eigenvalue weighted by Crippen LogP contribution is 2.39. The van der Waals surface area contributed by atoms with Crippen molar-refractivity contribution in [3.8, 4) is 0 Å². The topological polar surface area (TPSA) is 29.1 Å². The zero-order chi connectivity index (χ0) is 11.9. The predicted octanol–water partition coefficient (Wildman–Crippen LogP) is 2.90. The van der Waals surface area contributed by atoms with E-state index in [0.717, 1.165) is 18.5 Å². The summed E-state index contributed by atoms with van der Waals surface area (Å²) < 4.78 is 0. The number of carbonyl (C=O) groups excluding carboxylic acids is 1. The van der Waals surface area contributed by atoms with Crippen molar-refractivity contribution in [2.24, 2.45) is 10.8 Å². The number of rotatable bonds is 0. The van der Waals surface area contributed by atoms with Crippen LogP contribution in [-0.4, -0.2) is 12.5 Å². The molecular formula is C13H23NO. The first-order valence-corrected chi connectivity index (χ1v) is 5.66. The van der Waals surface area contributed by atoms with Crippen LogP contribution in [0.1, 0.15) is 48.0 Å². The summed E-state index contributed by atoms with van der Waals surface area (Å²) in [6.45, 7) is 13.7. The summed E-state index contributed by atoms with van der Waals surface area (Å²) in [6.07, 6.45) is 0.988. The quantitative estimate of drug-likeness (QED) is 0.653. The average Bonchev–Trinajstić information content (AvgIpc) is 1.99. The van der Waals surface area contributed by atoms with Crippen molar-refractivity contribution < 1.29 is 4.79 Å². The standard InChI is InChI=1S/C13H23NO/c1-12(2,3)9-7-8-14-11(15)10(9)13(4,5)6/h7-8H2,1-6H3,(H,14,15). The van der Waals surface area contributed by atoms with E-state index in [1.165, 1.54) is 5.57 Å². The Labute approximate surface area is 93.1 Å². The predicted molar refractivity (Wildman–Crippen MR) is 63.6 cm³/mol. The second-order valence-electron chi connectivity index (χ2n) is 6.36. The third-order valence-corrected chi connectivity index (χ3v) is 2.84. The van der Waals surface area contributed by atoms with Gasteiger partial charge in [0.1, 0.15) is 0 Å². The van der Waals surface area contributed by atoms with E-state index in [1.54, 1.807) is 0 Å². The SMILES string of the molecule is CC(C)(C)C1=C(C(C)(C)C)C(=O)NCC1. The molecule has 0 saturated carbocycles. The zero-order valence-electron chi connectivity index (χ0n) is 10.8. The molecule has 1 rings (SSSR count). The minimum Gasteiger partial charge on any atom is -0.352 e. The Hall–Kier alpha value is -0.790. The van der Waals surface area contributed by atoms with Crippen molar-refractivity contribution in [3.63, 3.8) is 0 Å². The van der Waals surface area contributed by atoms with Crippen molar-refractivity contribution in [2.75, 3.05) is 6.54 Å². The molecule has 0 bridgehead atoms. The van der Waals surface area contributed by atoms with Gasteiger partial charge in [0.25, 0.3) is 0 Å². The monoisotopic (exact) mass is 209 g/mol. The van der Waals surface area contributed by atoms with E-state index in [4.69, 9.17) is 0 Å². The van der Waals surface area contributed by atoms with E-state index in [9.17, 15) is 4.79 Å². The van der Waals surface area contributed by atoms with Crippen molar-refractivity contribution in [2.45, 2.75) is 48.0 Å². The number of hydrogen-bond acceptors (Lipinski definition) is 1. The molecule has 2 nitrogen and oxygen atoms in total. The van der Waals surface area contributed by atoms with E-state index in [-0.39, 0.29) is 16.7 Å². The van der Waals surface area contributed by atoms with E-state index in [2.05, 4.69) is 46.9 Å². The fourth-order valence-electron chi connectivity index (χ4n) is 2.19. The molecule has 0 atom stereocenters. The van der Waals surface area contributed by atoms with Crippen molar-refractivity contribution in [1.82, 2.24) is 5.32 Å². The van der Waals surface area contributed by atoms with Crippen molar-refractivity contribution in [1.29, 1.82) is 0 Å². The normalized spacial score (nSPS) is 19.2. The zero-order valence-corrected chi connectivity index (χ0v) is 10.8. The minimum atomic E-state index is -0.0624. The van der Waals surface area contributed by atoms with Crippen molar-refractivity contribution in [3.05, 3.63) is 11.1 Å². The molecule has 0 spiro atoms. The molecule has 1 amide bonds. The van der Waals surface area contributed by atoms with Gasteiger partial charge in [0, 0.05) is 12.1 Å². The van der Waals surface area contributed by atoms with Gasteiger partial charge < -0.3 is 5.32 Å². The molecule has 86 valence electrons. The summed E-state index contributed by atoms with van der Waals surface area (Å²) >= 11 is 0. The Kier molecular flexibility index (Phi) is 2.99. The third-order valence-electron chi connectivity index (χ3n) is 2.84. The first-order valence-electron chi connectivity index (χ1n) is 5.66. The van der Waals surface area contributed by atoms with Gasteiger partial charge in [0.15, 0.2) is 0 Å². The van der Waals surface area contributed by atoms with Crippen LogP contribution in [0.4, 0.5) is 0 Å². The summed E-state index contributed by atoms with van der Waals surface area (Å²) in [4.78, 5) is 11.9. The first-order chi connectivity index (χ1) is 6.64. The number of amides is 1. The van der Waals surface area contributed by atoms with Crippen LogP contribution in [0.5, 0.6) is 0 Å². The van der Waals surface area contributed by atoms with Gasteiger partial charge in [-0.1, -0.05) is 47.1 Å². The molecule has 0 unspecified atom stereocenters. The lowest BCUT2D eigenvalue weighted by Crippen LogP contribution is -2.39. The highest BCUT2D eigenvalue weighted by Gasteiger charge is 2.34. The van der Waals surface area contributed by atoms with Crippen molar-refractivity contribution >= 4 is 5.91 Å². The van der Waals surface area contributed by atoms with Gasteiger partial charge in [-0.25, -0.2) is 0 Å². The van der Waals surface area contributed by atoms with E-state index in [0.29, 0.717) is 0 Å². The molecule has 0 aromatic heterocycles. The summed E-state index contributed by atoms with van der Waals surface area (Å²) in [5.41, 5.74) is 2.34. The Morgan fingerprint density at radius 2 is 1.53 bits per heavy atom. The third kappa shape index (κ3) is 2.61. The number of carbonyl (C=O) groups is 1. The summed E-state index contributed by atoms with van der Waals surface area (Å²) in [5, 5.41) is 2.94. The molecule has 0 radical (unpaired) electrons. The van der Waals surface area contributed by atoms with E-state index < -0.39 is 0 Å². The number of hydrogen-bond donors (Lipinski definition) is 1. The molecule has 0 fully saturated rings. The van der Waals surface area contributed by atoms with Crippen LogP contribution >= 0.6 is 0 Å². The maximum absolute atomic E-state index is 11.9. The van der Waals surface area contributed by atoms with Gasteiger partial charge >= 0.3 is 0 Å². The lowest BCUT2D eigenvalue weighted by molar-refractivity contribution is -0.119. The Morgan fingerprint density at radius 3 is 1.87 bits per heavy atom. The number of nitrogens with one attached hydrogen (secondary N) is 1. The van der Waals surface area contributed by atoms with Crippen LogP contribution in [-0.2, 0) is 4.79 Å². The summed E-state index contributed by atoms with van der Waals surface area (Å²) in [6, 6.07) is 0. The molecule has 1 heterocycles. The fraction of sp³-hybridized carbons (Fsp3) is 0.769. The molecule has 0 aromatic carbocycles.